The number of hydrogen-bond donors (Lipinski definition) is 1. The highest BCUT2D eigenvalue weighted by atomic mass is 79.9. The van der Waals surface area contributed by atoms with Crippen molar-refractivity contribution in [1.82, 2.24) is 4.90 Å². The zero-order chi connectivity index (χ0) is 15.1. The lowest BCUT2D eigenvalue weighted by atomic mass is 9.96. The van der Waals surface area contributed by atoms with E-state index in [1.54, 1.807) is 6.07 Å². The Morgan fingerprint density at radius 3 is 2.70 bits per heavy atom. The quantitative estimate of drug-likeness (QED) is 0.915. The van der Waals surface area contributed by atoms with Crippen molar-refractivity contribution in [2.24, 2.45) is 0 Å². The number of aliphatic carboxylic acids is 1. The van der Waals surface area contributed by atoms with Gasteiger partial charge in [-0.05, 0) is 32.0 Å². The summed E-state index contributed by atoms with van der Waals surface area (Å²) >= 11 is 3.37. The number of carboxylic acids is 1. The molecule has 5 nitrogen and oxygen atoms in total. The number of amides is 1. The topological polar surface area (TPSA) is 66.8 Å². The number of nitrogens with zero attached hydrogens (tertiary/aromatic N) is 1. The third-order valence-corrected chi connectivity index (χ3v) is 4.24. The molecule has 20 heavy (non-hydrogen) atoms. The first-order valence-electron chi connectivity index (χ1n) is 6.18. The summed E-state index contributed by atoms with van der Waals surface area (Å²) in [6.45, 7) is 3.25. The van der Waals surface area contributed by atoms with Gasteiger partial charge in [-0.3, -0.25) is 4.79 Å². The molecule has 0 aliphatic carbocycles. The summed E-state index contributed by atoms with van der Waals surface area (Å²) in [5, 5.41) is 9.21. The number of fused-ring (bicyclic) bond motifs is 1. The SMILES string of the molecule is CN(C(=O)C1COc2ccc(Br)cc21)C(C)(C)C(=O)O. The van der Waals surface area contributed by atoms with Crippen LogP contribution in [-0.2, 0) is 9.59 Å². The van der Waals surface area contributed by atoms with E-state index in [4.69, 9.17) is 4.74 Å². The number of ether oxygens (including phenoxy) is 1. The smallest absolute Gasteiger partial charge is 0.329 e. The number of halogens is 1. The van der Waals surface area contributed by atoms with Gasteiger partial charge in [0.15, 0.2) is 0 Å². The van der Waals surface area contributed by atoms with Gasteiger partial charge in [-0.15, -0.1) is 0 Å². The van der Waals surface area contributed by atoms with E-state index >= 15 is 0 Å². The maximum Gasteiger partial charge on any atom is 0.329 e. The molecule has 2 rings (SSSR count). The van der Waals surface area contributed by atoms with Crippen molar-refractivity contribution >= 4 is 27.8 Å². The minimum Gasteiger partial charge on any atom is -0.492 e. The maximum absolute atomic E-state index is 12.5. The summed E-state index contributed by atoms with van der Waals surface area (Å²) in [6, 6.07) is 5.48. The van der Waals surface area contributed by atoms with Gasteiger partial charge < -0.3 is 14.7 Å². The Balaban J connectivity index is 2.29. The Morgan fingerprint density at radius 2 is 2.10 bits per heavy atom. The van der Waals surface area contributed by atoms with Crippen LogP contribution in [-0.4, -0.2) is 41.1 Å². The van der Waals surface area contributed by atoms with Crippen molar-refractivity contribution in [2.75, 3.05) is 13.7 Å². The van der Waals surface area contributed by atoms with Gasteiger partial charge in [0.05, 0.1) is 0 Å². The normalized spacial score (nSPS) is 17.3. The average Bonchev–Trinajstić information content (AvgIpc) is 2.79. The van der Waals surface area contributed by atoms with Crippen LogP contribution in [0, 0.1) is 0 Å². The summed E-state index contributed by atoms with van der Waals surface area (Å²) in [4.78, 5) is 25.0. The van der Waals surface area contributed by atoms with Gasteiger partial charge in [0, 0.05) is 17.1 Å². The van der Waals surface area contributed by atoms with Crippen molar-refractivity contribution < 1.29 is 19.4 Å². The molecule has 108 valence electrons. The van der Waals surface area contributed by atoms with Crippen LogP contribution in [0.25, 0.3) is 0 Å². The first kappa shape index (κ1) is 14.8. The summed E-state index contributed by atoms with van der Waals surface area (Å²) in [5.41, 5.74) is -0.469. The van der Waals surface area contributed by atoms with Gasteiger partial charge in [-0.1, -0.05) is 15.9 Å². The number of carbonyl (C=O) groups excluding carboxylic acids is 1. The number of benzene rings is 1. The molecule has 1 aromatic rings. The van der Waals surface area contributed by atoms with Crippen LogP contribution in [0.15, 0.2) is 22.7 Å². The van der Waals surface area contributed by atoms with E-state index in [1.165, 1.54) is 25.8 Å². The number of likely N-dealkylation sites (N-methyl/N-ethyl adjacent to an activating group) is 1. The lowest BCUT2D eigenvalue weighted by Gasteiger charge is -2.33. The highest BCUT2D eigenvalue weighted by Gasteiger charge is 2.40. The molecule has 6 heteroatoms. The molecule has 1 aliphatic rings. The van der Waals surface area contributed by atoms with E-state index in [0.717, 1.165) is 10.0 Å². The Hall–Kier alpha value is -1.56. The van der Waals surface area contributed by atoms with Crippen LogP contribution >= 0.6 is 15.9 Å². The monoisotopic (exact) mass is 341 g/mol. The van der Waals surface area contributed by atoms with Gasteiger partial charge in [0.2, 0.25) is 5.91 Å². The van der Waals surface area contributed by atoms with Gasteiger partial charge in [-0.2, -0.15) is 0 Å². The fourth-order valence-corrected chi connectivity index (χ4v) is 2.42. The molecule has 1 atom stereocenters. The van der Waals surface area contributed by atoms with Crippen molar-refractivity contribution in [2.45, 2.75) is 25.3 Å². The number of carbonyl (C=O) groups is 2. The Morgan fingerprint density at radius 1 is 1.45 bits per heavy atom. The lowest BCUT2D eigenvalue weighted by Crippen LogP contribution is -2.52. The summed E-state index contributed by atoms with van der Waals surface area (Å²) in [6.07, 6.45) is 0. The largest absolute Gasteiger partial charge is 0.492 e. The summed E-state index contributed by atoms with van der Waals surface area (Å²) < 4.78 is 6.36. The van der Waals surface area contributed by atoms with Crippen LogP contribution in [0.5, 0.6) is 5.75 Å². The predicted molar refractivity (Wildman–Crippen MR) is 76.9 cm³/mol. The molecule has 0 saturated heterocycles. The van der Waals surface area contributed by atoms with E-state index in [9.17, 15) is 14.7 Å². The Labute approximate surface area is 125 Å². The van der Waals surface area contributed by atoms with E-state index in [0.29, 0.717) is 5.75 Å². The minimum atomic E-state index is -1.26. The zero-order valence-corrected chi connectivity index (χ0v) is 13.1. The highest BCUT2D eigenvalue weighted by molar-refractivity contribution is 9.10. The van der Waals surface area contributed by atoms with Crippen LogP contribution in [0.1, 0.15) is 25.3 Å². The molecule has 1 unspecified atom stereocenters. The van der Waals surface area contributed by atoms with Gasteiger partial charge >= 0.3 is 5.97 Å². The second-order valence-electron chi connectivity index (χ2n) is 5.31. The molecule has 0 radical (unpaired) electrons. The van der Waals surface area contributed by atoms with Crippen molar-refractivity contribution in [3.05, 3.63) is 28.2 Å². The molecule has 0 spiro atoms. The molecule has 0 aromatic heterocycles. The average molecular weight is 342 g/mol. The van der Waals surface area contributed by atoms with Gasteiger partial charge in [-0.25, -0.2) is 4.79 Å². The third-order valence-electron chi connectivity index (χ3n) is 3.74. The van der Waals surface area contributed by atoms with Gasteiger partial charge in [0.25, 0.3) is 0 Å². The standard InChI is InChI=1S/C14H16BrNO4/c1-14(2,13(18)19)16(3)12(17)10-7-20-11-5-4-8(15)6-9(10)11/h4-6,10H,7H2,1-3H3,(H,18,19). The maximum atomic E-state index is 12.5. The lowest BCUT2D eigenvalue weighted by molar-refractivity contribution is -0.156. The predicted octanol–water partition coefficient (Wildman–Crippen LogP) is 2.25. The van der Waals surface area contributed by atoms with E-state index in [1.807, 2.05) is 12.1 Å². The highest BCUT2D eigenvalue weighted by Crippen LogP contribution is 2.37. The zero-order valence-electron chi connectivity index (χ0n) is 11.5. The summed E-state index contributed by atoms with van der Waals surface area (Å²) in [7, 11) is 1.51. The molecule has 0 fully saturated rings. The molecular weight excluding hydrogens is 326 g/mol. The van der Waals surface area contributed by atoms with Crippen molar-refractivity contribution in [3.63, 3.8) is 0 Å². The molecule has 1 aromatic carbocycles. The molecule has 1 aliphatic heterocycles. The van der Waals surface area contributed by atoms with E-state index < -0.39 is 17.4 Å². The first-order valence-corrected chi connectivity index (χ1v) is 6.97. The molecule has 0 bridgehead atoms. The first-order chi connectivity index (χ1) is 9.25. The number of hydrogen-bond acceptors (Lipinski definition) is 3. The Bertz CT molecular complexity index is 570. The van der Waals surface area contributed by atoms with E-state index in [-0.39, 0.29) is 12.5 Å². The molecule has 0 saturated carbocycles. The van der Waals surface area contributed by atoms with Crippen LogP contribution in [0.3, 0.4) is 0 Å². The van der Waals surface area contributed by atoms with Crippen molar-refractivity contribution in [3.8, 4) is 5.75 Å². The molecule has 1 N–H and O–H groups in total. The molecule has 1 heterocycles. The second kappa shape index (κ2) is 5.09. The fourth-order valence-electron chi connectivity index (χ4n) is 2.04. The molecule has 1 amide bonds. The van der Waals surface area contributed by atoms with Crippen LogP contribution < -0.4 is 4.74 Å². The second-order valence-corrected chi connectivity index (χ2v) is 6.22. The fraction of sp³-hybridized carbons (Fsp3) is 0.429. The van der Waals surface area contributed by atoms with Crippen molar-refractivity contribution in [1.29, 1.82) is 0 Å². The van der Waals surface area contributed by atoms with Crippen LogP contribution in [0.4, 0.5) is 0 Å². The minimum absolute atomic E-state index is 0.241. The number of rotatable bonds is 3. The summed E-state index contributed by atoms with van der Waals surface area (Å²) in [5.74, 6) is -1.09. The van der Waals surface area contributed by atoms with Gasteiger partial charge in [0.1, 0.15) is 23.8 Å². The Kier molecular flexibility index (Phi) is 3.77. The third kappa shape index (κ3) is 2.40. The molecular formula is C14H16BrNO4. The van der Waals surface area contributed by atoms with E-state index in [2.05, 4.69) is 15.9 Å². The van der Waals surface area contributed by atoms with Crippen LogP contribution in [0.2, 0.25) is 0 Å². The number of carboxylic acid groups (broad SMARTS) is 1.